The number of ether oxygens (including phenoxy) is 1. The van der Waals surface area contributed by atoms with Crippen molar-refractivity contribution >= 4 is 11.9 Å². The molecule has 0 aromatic carbocycles. The van der Waals surface area contributed by atoms with Crippen LogP contribution in [0, 0.1) is 12.8 Å². The smallest absolute Gasteiger partial charge is 0.475 e. The average molecular weight is 474 g/mol. The van der Waals surface area contributed by atoms with Gasteiger partial charge in [0, 0.05) is 64.8 Å². The van der Waals surface area contributed by atoms with Gasteiger partial charge < -0.3 is 23.8 Å². The summed E-state index contributed by atoms with van der Waals surface area (Å²) in [7, 11) is 3.49. The first kappa shape index (κ1) is 26.4. The highest BCUT2D eigenvalue weighted by atomic mass is 19.4. The standard InChI is InChI=1S/C19H28N4O3.C2HF3O2/c1-15-9-17(20-26-15)12-22-10-16(6-8-25-14-19(24)21(2)3)11-23-7-4-5-18(23)13-22;3-2(4,5)1(6)7/h4-5,7,9,16H,6,8,10-14H2,1-3H3;(H,6,7). The zero-order valence-electron chi connectivity index (χ0n) is 18.8. The largest absolute Gasteiger partial charge is 0.490 e. The third kappa shape index (κ3) is 8.89. The van der Waals surface area contributed by atoms with Crippen LogP contribution in [0.2, 0.25) is 0 Å². The Morgan fingerprint density at radius 2 is 2.03 bits per heavy atom. The number of carbonyl (C=O) groups is 2. The molecule has 184 valence electrons. The fraction of sp³-hybridized carbons (Fsp3) is 0.571. The quantitative estimate of drug-likeness (QED) is 0.616. The van der Waals surface area contributed by atoms with Crippen LogP contribution in [-0.4, -0.2) is 76.5 Å². The topological polar surface area (TPSA) is 101 Å². The summed E-state index contributed by atoms with van der Waals surface area (Å²) in [6, 6.07) is 6.27. The van der Waals surface area contributed by atoms with Crippen molar-refractivity contribution in [2.45, 2.75) is 39.2 Å². The van der Waals surface area contributed by atoms with Crippen LogP contribution in [0.3, 0.4) is 0 Å². The Morgan fingerprint density at radius 1 is 1.33 bits per heavy atom. The number of amides is 1. The predicted molar refractivity (Wildman–Crippen MR) is 111 cm³/mol. The van der Waals surface area contributed by atoms with E-state index in [4.69, 9.17) is 19.2 Å². The number of carboxylic acids is 1. The van der Waals surface area contributed by atoms with Crippen molar-refractivity contribution in [3.8, 4) is 0 Å². The molecule has 3 heterocycles. The predicted octanol–water partition coefficient (Wildman–Crippen LogP) is 2.54. The number of hydrogen-bond donors (Lipinski definition) is 1. The molecule has 1 unspecified atom stereocenters. The van der Waals surface area contributed by atoms with E-state index >= 15 is 0 Å². The Bertz CT molecular complexity index is 910. The van der Waals surface area contributed by atoms with E-state index in [2.05, 4.69) is 33.0 Å². The second kappa shape index (κ2) is 11.8. The number of halogens is 3. The summed E-state index contributed by atoms with van der Waals surface area (Å²) in [6.45, 7) is 6.28. The number of aryl methyl sites for hydroxylation is 1. The van der Waals surface area contributed by atoms with Crippen molar-refractivity contribution in [1.29, 1.82) is 0 Å². The molecule has 1 aliphatic heterocycles. The fourth-order valence-electron chi connectivity index (χ4n) is 3.33. The highest BCUT2D eigenvalue weighted by molar-refractivity contribution is 5.76. The number of aromatic nitrogens is 2. The Hall–Kier alpha value is -2.86. The van der Waals surface area contributed by atoms with Crippen molar-refractivity contribution in [1.82, 2.24) is 19.5 Å². The average Bonchev–Trinajstić information content (AvgIpc) is 3.29. The summed E-state index contributed by atoms with van der Waals surface area (Å²) in [5, 5.41) is 11.3. The number of fused-ring (bicyclic) bond motifs is 1. The second-order valence-corrected chi connectivity index (χ2v) is 8.05. The van der Waals surface area contributed by atoms with Crippen molar-refractivity contribution in [2.75, 3.05) is 33.9 Å². The van der Waals surface area contributed by atoms with Crippen LogP contribution < -0.4 is 0 Å². The zero-order chi connectivity index (χ0) is 24.6. The number of likely N-dealkylation sites (N-methyl/N-ethyl adjacent to an activating group) is 1. The van der Waals surface area contributed by atoms with Gasteiger partial charge in [0.25, 0.3) is 0 Å². The number of carbonyl (C=O) groups excluding carboxylic acids is 1. The molecule has 12 heteroatoms. The maximum Gasteiger partial charge on any atom is 0.490 e. The summed E-state index contributed by atoms with van der Waals surface area (Å²) in [5.41, 5.74) is 2.28. The molecule has 0 saturated carbocycles. The van der Waals surface area contributed by atoms with E-state index in [9.17, 15) is 18.0 Å². The SMILES string of the molecule is Cc1cc(CN2Cc3cccn3CC(CCOCC(=O)N(C)C)C2)no1.O=C(O)C(F)(F)F. The third-order valence-corrected chi connectivity index (χ3v) is 4.98. The van der Waals surface area contributed by atoms with Crippen LogP contribution in [-0.2, 0) is 34.0 Å². The second-order valence-electron chi connectivity index (χ2n) is 8.05. The first-order valence-electron chi connectivity index (χ1n) is 10.3. The normalized spacial score (nSPS) is 16.4. The van der Waals surface area contributed by atoms with Gasteiger partial charge in [0.2, 0.25) is 5.91 Å². The number of rotatable bonds is 7. The molecule has 3 rings (SSSR count). The molecule has 1 N–H and O–H groups in total. The molecular weight excluding hydrogens is 445 g/mol. The Balaban J connectivity index is 0.000000479. The zero-order valence-corrected chi connectivity index (χ0v) is 18.8. The molecule has 0 aliphatic carbocycles. The maximum absolute atomic E-state index is 11.6. The number of alkyl halides is 3. The number of aliphatic carboxylic acids is 1. The highest BCUT2D eigenvalue weighted by Crippen LogP contribution is 2.21. The molecule has 0 saturated heterocycles. The Morgan fingerprint density at radius 3 is 2.61 bits per heavy atom. The molecule has 0 bridgehead atoms. The summed E-state index contributed by atoms with van der Waals surface area (Å²) in [4.78, 5) is 24.5. The van der Waals surface area contributed by atoms with Gasteiger partial charge in [-0.2, -0.15) is 13.2 Å². The van der Waals surface area contributed by atoms with Crippen LogP contribution in [0.1, 0.15) is 23.6 Å². The van der Waals surface area contributed by atoms with Crippen molar-refractivity contribution < 1.29 is 37.1 Å². The monoisotopic (exact) mass is 474 g/mol. The van der Waals surface area contributed by atoms with Crippen LogP contribution in [0.25, 0.3) is 0 Å². The van der Waals surface area contributed by atoms with Crippen molar-refractivity contribution in [3.05, 3.63) is 41.5 Å². The minimum absolute atomic E-state index is 0.00147. The van der Waals surface area contributed by atoms with Gasteiger partial charge in [-0.15, -0.1) is 0 Å². The molecule has 1 amide bonds. The molecule has 0 radical (unpaired) electrons. The van der Waals surface area contributed by atoms with E-state index in [1.54, 1.807) is 19.0 Å². The lowest BCUT2D eigenvalue weighted by Gasteiger charge is -2.23. The van der Waals surface area contributed by atoms with E-state index in [1.165, 1.54) is 5.69 Å². The first-order valence-corrected chi connectivity index (χ1v) is 10.3. The van der Waals surface area contributed by atoms with E-state index in [0.29, 0.717) is 12.5 Å². The van der Waals surface area contributed by atoms with Crippen molar-refractivity contribution in [3.63, 3.8) is 0 Å². The molecule has 0 spiro atoms. The van der Waals surface area contributed by atoms with Gasteiger partial charge in [0.15, 0.2) is 0 Å². The Kier molecular flexibility index (Phi) is 9.47. The summed E-state index contributed by atoms with van der Waals surface area (Å²) < 4.78 is 44.8. The van der Waals surface area contributed by atoms with Gasteiger partial charge in [-0.25, -0.2) is 4.79 Å². The van der Waals surface area contributed by atoms with Gasteiger partial charge in [0.1, 0.15) is 12.4 Å². The van der Waals surface area contributed by atoms with E-state index in [1.807, 2.05) is 13.0 Å². The lowest BCUT2D eigenvalue weighted by Crippen LogP contribution is -2.29. The first-order chi connectivity index (χ1) is 15.5. The van der Waals surface area contributed by atoms with Crippen molar-refractivity contribution in [2.24, 2.45) is 5.92 Å². The van der Waals surface area contributed by atoms with Gasteiger partial charge in [-0.1, -0.05) is 5.16 Å². The van der Waals surface area contributed by atoms with Crippen LogP contribution in [0.4, 0.5) is 13.2 Å². The molecule has 2 aromatic heterocycles. The molecule has 1 atom stereocenters. The lowest BCUT2D eigenvalue weighted by atomic mass is 10.1. The van der Waals surface area contributed by atoms with Gasteiger partial charge in [0.05, 0.1) is 5.69 Å². The van der Waals surface area contributed by atoms with Gasteiger partial charge in [-0.05, 0) is 31.4 Å². The Labute approximate surface area is 189 Å². The van der Waals surface area contributed by atoms with Gasteiger partial charge >= 0.3 is 12.1 Å². The van der Waals surface area contributed by atoms with Gasteiger partial charge in [-0.3, -0.25) is 9.69 Å². The summed E-state index contributed by atoms with van der Waals surface area (Å²) in [5.74, 6) is -1.45. The van der Waals surface area contributed by atoms with Crippen LogP contribution >= 0.6 is 0 Å². The highest BCUT2D eigenvalue weighted by Gasteiger charge is 2.38. The van der Waals surface area contributed by atoms with Crippen LogP contribution in [0.5, 0.6) is 0 Å². The molecule has 9 nitrogen and oxygen atoms in total. The molecule has 2 aromatic rings. The molecule has 1 aliphatic rings. The molecular formula is C21H29F3N4O5. The van der Waals surface area contributed by atoms with E-state index < -0.39 is 12.1 Å². The number of nitrogens with zero attached hydrogens (tertiary/aromatic N) is 4. The van der Waals surface area contributed by atoms with E-state index in [0.717, 1.165) is 44.1 Å². The third-order valence-electron chi connectivity index (χ3n) is 4.98. The summed E-state index contributed by atoms with van der Waals surface area (Å²) in [6.07, 6.45) is -2.02. The number of hydrogen-bond acceptors (Lipinski definition) is 6. The summed E-state index contributed by atoms with van der Waals surface area (Å²) >= 11 is 0. The van der Waals surface area contributed by atoms with E-state index in [-0.39, 0.29) is 12.5 Å². The minimum Gasteiger partial charge on any atom is -0.475 e. The maximum atomic E-state index is 11.6. The fourth-order valence-corrected chi connectivity index (χ4v) is 3.33. The van der Waals surface area contributed by atoms with Crippen LogP contribution in [0.15, 0.2) is 28.9 Å². The molecule has 33 heavy (non-hydrogen) atoms. The number of carboxylic acid groups (broad SMARTS) is 1. The lowest BCUT2D eigenvalue weighted by molar-refractivity contribution is -0.192. The molecule has 0 fully saturated rings. The minimum atomic E-state index is -5.08.